The topological polar surface area (TPSA) is 67.4 Å². The van der Waals surface area contributed by atoms with Gasteiger partial charge in [0.15, 0.2) is 9.84 Å². The lowest BCUT2D eigenvalue weighted by Crippen LogP contribution is -2.45. The highest BCUT2D eigenvalue weighted by Gasteiger charge is 2.28. The number of ether oxygens (including phenoxy) is 1. The molecule has 1 fully saturated rings. The van der Waals surface area contributed by atoms with Crippen LogP contribution in [0.5, 0.6) is 5.75 Å². The highest BCUT2D eigenvalue weighted by Crippen LogP contribution is 2.34. The Morgan fingerprint density at radius 3 is 2.70 bits per heavy atom. The van der Waals surface area contributed by atoms with E-state index in [-0.39, 0.29) is 24.5 Å². The SMILES string of the molecule is CC(C)S(=O)(=O)c1cc2c(c(CN[C@H]3CCCN[C@H]3c3ccccc3)c1)OCC2.Cl. The van der Waals surface area contributed by atoms with Crippen LogP contribution in [0.25, 0.3) is 0 Å². The summed E-state index contributed by atoms with van der Waals surface area (Å²) < 4.78 is 31.4. The molecule has 1 saturated heterocycles. The maximum absolute atomic E-state index is 12.8. The average molecular weight is 451 g/mol. The molecule has 2 heterocycles. The number of fused-ring (bicyclic) bond motifs is 1. The fraction of sp³-hybridized carbons (Fsp3) is 0.478. The second-order valence-electron chi connectivity index (χ2n) is 8.23. The number of sulfone groups is 1. The Morgan fingerprint density at radius 2 is 1.97 bits per heavy atom. The Balaban J connectivity index is 0.00000256. The molecule has 0 aliphatic carbocycles. The first-order chi connectivity index (χ1) is 14.0. The van der Waals surface area contributed by atoms with Crippen molar-refractivity contribution in [2.75, 3.05) is 13.2 Å². The number of hydrogen-bond donors (Lipinski definition) is 2. The second kappa shape index (κ2) is 9.69. The second-order valence-corrected chi connectivity index (χ2v) is 10.7. The van der Waals surface area contributed by atoms with Gasteiger partial charge < -0.3 is 15.4 Å². The van der Waals surface area contributed by atoms with Gasteiger partial charge in [0.1, 0.15) is 5.75 Å². The molecule has 5 nitrogen and oxygen atoms in total. The van der Waals surface area contributed by atoms with Gasteiger partial charge in [-0.25, -0.2) is 8.42 Å². The van der Waals surface area contributed by atoms with E-state index in [0.29, 0.717) is 18.0 Å². The van der Waals surface area contributed by atoms with Gasteiger partial charge in [-0.15, -0.1) is 12.4 Å². The van der Waals surface area contributed by atoms with E-state index in [9.17, 15) is 8.42 Å². The molecule has 2 aromatic carbocycles. The predicted molar refractivity (Wildman–Crippen MR) is 122 cm³/mol. The van der Waals surface area contributed by atoms with Crippen molar-refractivity contribution in [2.45, 2.75) is 61.9 Å². The van der Waals surface area contributed by atoms with Gasteiger partial charge in [0.05, 0.1) is 16.8 Å². The van der Waals surface area contributed by atoms with E-state index in [1.807, 2.05) is 6.07 Å². The third kappa shape index (κ3) is 4.67. The van der Waals surface area contributed by atoms with Crippen molar-refractivity contribution in [3.05, 3.63) is 59.2 Å². The molecule has 0 bridgehead atoms. The maximum atomic E-state index is 12.8. The van der Waals surface area contributed by atoms with E-state index >= 15 is 0 Å². The van der Waals surface area contributed by atoms with Gasteiger partial charge in [-0.2, -0.15) is 0 Å². The van der Waals surface area contributed by atoms with Crippen LogP contribution in [0.2, 0.25) is 0 Å². The Bertz CT molecular complexity index is 964. The van der Waals surface area contributed by atoms with Crippen LogP contribution in [0.1, 0.15) is 49.4 Å². The number of hydrogen-bond acceptors (Lipinski definition) is 5. The molecule has 0 amide bonds. The standard InChI is InChI=1S/C23H30N2O3S.ClH/c1-16(2)29(26,27)20-13-18-10-12-28-23(18)19(14-20)15-25-21-9-6-11-24-22(21)17-7-4-3-5-8-17;/h3-5,7-8,13-14,16,21-22,24-25H,6,9-12,15H2,1-2H3;1H/t21-,22-;/m0./s1. The smallest absolute Gasteiger partial charge is 0.180 e. The Hall–Kier alpha value is -1.60. The molecule has 0 saturated carbocycles. The largest absolute Gasteiger partial charge is 0.493 e. The Morgan fingerprint density at radius 1 is 1.20 bits per heavy atom. The summed E-state index contributed by atoms with van der Waals surface area (Å²) >= 11 is 0. The quantitative estimate of drug-likeness (QED) is 0.700. The van der Waals surface area contributed by atoms with Crippen LogP contribution in [-0.4, -0.2) is 32.9 Å². The summed E-state index contributed by atoms with van der Waals surface area (Å²) in [5, 5.41) is 6.89. The zero-order valence-electron chi connectivity index (χ0n) is 17.6. The summed E-state index contributed by atoms with van der Waals surface area (Å²) in [5.74, 6) is 0.861. The van der Waals surface area contributed by atoms with Crippen LogP contribution in [0, 0.1) is 0 Å². The summed E-state index contributed by atoms with van der Waals surface area (Å²) in [4.78, 5) is 0.412. The molecule has 4 rings (SSSR count). The third-order valence-corrected chi connectivity index (χ3v) is 8.09. The lowest BCUT2D eigenvalue weighted by atomic mass is 9.92. The van der Waals surface area contributed by atoms with Gasteiger partial charge in [-0.3, -0.25) is 0 Å². The van der Waals surface area contributed by atoms with Crippen LogP contribution < -0.4 is 15.4 Å². The summed E-state index contributed by atoms with van der Waals surface area (Å²) in [5.41, 5.74) is 3.23. The van der Waals surface area contributed by atoms with Crippen molar-refractivity contribution in [1.82, 2.24) is 10.6 Å². The van der Waals surface area contributed by atoms with E-state index < -0.39 is 15.1 Å². The minimum absolute atomic E-state index is 0. The summed E-state index contributed by atoms with van der Waals surface area (Å²) in [6.07, 6.45) is 2.97. The highest BCUT2D eigenvalue weighted by molar-refractivity contribution is 7.92. The van der Waals surface area contributed by atoms with Crippen LogP contribution >= 0.6 is 12.4 Å². The van der Waals surface area contributed by atoms with Gasteiger partial charge in [0.25, 0.3) is 0 Å². The fourth-order valence-corrected chi connectivity index (χ4v) is 5.44. The zero-order chi connectivity index (χ0) is 20.4. The van der Waals surface area contributed by atoms with Crippen molar-refractivity contribution in [2.24, 2.45) is 0 Å². The first-order valence-corrected chi connectivity index (χ1v) is 12.1. The van der Waals surface area contributed by atoms with Gasteiger partial charge in [-0.1, -0.05) is 30.3 Å². The lowest BCUT2D eigenvalue weighted by Gasteiger charge is -2.34. The molecule has 2 N–H and O–H groups in total. The number of halogens is 1. The molecule has 30 heavy (non-hydrogen) atoms. The number of rotatable bonds is 6. The first-order valence-electron chi connectivity index (χ1n) is 10.5. The molecule has 2 aromatic rings. The first kappa shape index (κ1) is 23.1. The van der Waals surface area contributed by atoms with E-state index in [4.69, 9.17) is 4.74 Å². The number of piperidine rings is 1. The molecule has 164 valence electrons. The van der Waals surface area contributed by atoms with Crippen molar-refractivity contribution in [3.8, 4) is 5.75 Å². The molecule has 0 radical (unpaired) electrons. The Labute approximate surface area is 185 Å². The molecule has 0 spiro atoms. The average Bonchev–Trinajstić information content (AvgIpc) is 3.21. The van der Waals surface area contributed by atoms with Crippen molar-refractivity contribution < 1.29 is 13.2 Å². The molecule has 0 unspecified atom stereocenters. The normalized spacial score (nSPS) is 21.0. The highest BCUT2D eigenvalue weighted by atomic mass is 35.5. The van der Waals surface area contributed by atoms with Crippen LogP contribution in [-0.2, 0) is 22.8 Å². The molecule has 2 aliphatic heterocycles. The van der Waals surface area contributed by atoms with Crippen molar-refractivity contribution in [1.29, 1.82) is 0 Å². The monoisotopic (exact) mass is 450 g/mol. The van der Waals surface area contributed by atoms with Crippen molar-refractivity contribution in [3.63, 3.8) is 0 Å². The van der Waals surface area contributed by atoms with E-state index in [1.54, 1.807) is 26.0 Å². The van der Waals surface area contributed by atoms with Crippen molar-refractivity contribution >= 4 is 22.2 Å². The summed E-state index contributed by atoms with van der Waals surface area (Å²) in [7, 11) is -3.31. The van der Waals surface area contributed by atoms with Crippen LogP contribution in [0.4, 0.5) is 0 Å². The van der Waals surface area contributed by atoms with Gasteiger partial charge in [0, 0.05) is 30.6 Å². The number of benzene rings is 2. The summed E-state index contributed by atoms with van der Waals surface area (Å²) in [6, 6.07) is 14.7. The predicted octanol–water partition coefficient (Wildman–Crippen LogP) is 3.81. The third-order valence-electron chi connectivity index (χ3n) is 5.96. The van der Waals surface area contributed by atoms with E-state index in [0.717, 1.165) is 42.7 Å². The molecular weight excluding hydrogens is 420 g/mol. The van der Waals surface area contributed by atoms with Gasteiger partial charge in [-0.05, 0) is 56.5 Å². The number of nitrogens with one attached hydrogen (secondary N) is 2. The summed E-state index contributed by atoms with van der Waals surface area (Å²) in [6.45, 7) is 5.69. The Kier molecular flexibility index (Phi) is 7.45. The molecule has 0 aromatic heterocycles. The fourth-order valence-electron chi connectivity index (χ4n) is 4.28. The minimum atomic E-state index is -3.31. The van der Waals surface area contributed by atoms with Gasteiger partial charge >= 0.3 is 0 Å². The van der Waals surface area contributed by atoms with Crippen LogP contribution in [0.3, 0.4) is 0 Å². The molecule has 2 aliphatic rings. The van der Waals surface area contributed by atoms with E-state index in [2.05, 4.69) is 34.9 Å². The molecule has 2 atom stereocenters. The van der Waals surface area contributed by atoms with Gasteiger partial charge in [0.2, 0.25) is 0 Å². The van der Waals surface area contributed by atoms with E-state index in [1.165, 1.54) is 5.56 Å². The minimum Gasteiger partial charge on any atom is -0.493 e. The maximum Gasteiger partial charge on any atom is 0.180 e. The molecule has 7 heteroatoms. The zero-order valence-corrected chi connectivity index (χ0v) is 19.2. The van der Waals surface area contributed by atoms with Crippen LogP contribution in [0.15, 0.2) is 47.4 Å². The lowest BCUT2D eigenvalue weighted by molar-refractivity contribution is 0.301. The molecular formula is C23H31ClN2O3S.